The molecule has 2 fully saturated rings. The van der Waals surface area contributed by atoms with Crippen LogP contribution in [0.4, 0.5) is 0 Å². The fraction of sp³-hybridized carbons (Fsp3) is 1.00. The lowest BCUT2D eigenvalue weighted by molar-refractivity contribution is 0.255. The molecule has 0 spiro atoms. The summed E-state index contributed by atoms with van der Waals surface area (Å²) in [5.74, 6) is 0.963. The van der Waals surface area contributed by atoms with E-state index in [-0.39, 0.29) is 0 Å². The van der Waals surface area contributed by atoms with Crippen LogP contribution in [0.1, 0.15) is 64.7 Å². The van der Waals surface area contributed by atoms with Crippen molar-refractivity contribution in [3.05, 3.63) is 0 Å². The first-order valence-electron chi connectivity index (χ1n) is 6.60. The van der Waals surface area contributed by atoms with Crippen molar-refractivity contribution in [1.29, 1.82) is 0 Å². The molecule has 0 aliphatic heterocycles. The van der Waals surface area contributed by atoms with Crippen molar-refractivity contribution in [2.24, 2.45) is 5.92 Å². The number of rotatable bonds is 2. The summed E-state index contributed by atoms with van der Waals surface area (Å²) in [7, 11) is 0. The highest BCUT2D eigenvalue weighted by Crippen LogP contribution is 2.26. The zero-order valence-corrected chi connectivity index (χ0v) is 9.60. The van der Waals surface area contributed by atoms with Crippen LogP contribution in [0.5, 0.6) is 0 Å². The van der Waals surface area contributed by atoms with Crippen LogP contribution in [0.3, 0.4) is 0 Å². The average Bonchev–Trinajstić information content (AvgIpc) is 2.19. The lowest BCUT2D eigenvalue weighted by atomic mass is 9.85. The minimum Gasteiger partial charge on any atom is -0.311 e. The van der Waals surface area contributed by atoms with E-state index in [4.69, 9.17) is 0 Å². The lowest BCUT2D eigenvalue weighted by Gasteiger charge is -2.33. The van der Waals surface area contributed by atoms with Crippen molar-refractivity contribution < 1.29 is 0 Å². The van der Waals surface area contributed by atoms with Gasteiger partial charge in [0.2, 0.25) is 0 Å². The van der Waals surface area contributed by atoms with Gasteiger partial charge in [0.15, 0.2) is 0 Å². The first-order valence-corrected chi connectivity index (χ1v) is 6.60. The Morgan fingerprint density at radius 1 is 0.786 bits per heavy atom. The van der Waals surface area contributed by atoms with Crippen LogP contribution in [0.15, 0.2) is 0 Å². The largest absolute Gasteiger partial charge is 0.311 e. The van der Waals surface area contributed by atoms with Crippen LogP contribution in [0.25, 0.3) is 0 Å². The Kier molecular flexibility index (Phi) is 3.86. The third kappa shape index (κ3) is 2.98. The molecule has 0 unspecified atom stereocenters. The number of hydrogen-bond donors (Lipinski definition) is 1. The van der Waals surface area contributed by atoms with Crippen LogP contribution in [0, 0.1) is 5.92 Å². The highest BCUT2D eigenvalue weighted by Gasteiger charge is 2.22. The minimum atomic E-state index is 0.849. The highest BCUT2D eigenvalue weighted by molar-refractivity contribution is 4.81. The zero-order chi connectivity index (χ0) is 9.80. The summed E-state index contributed by atoms with van der Waals surface area (Å²) >= 11 is 0. The molecule has 2 rings (SSSR count). The van der Waals surface area contributed by atoms with Gasteiger partial charge in [-0.1, -0.05) is 39.0 Å². The second-order valence-corrected chi connectivity index (χ2v) is 5.47. The van der Waals surface area contributed by atoms with E-state index in [0.29, 0.717) is 0 Å². The molecule has 2 aliphatic carbocycles. The fourth-order valence-electron chi connectivity index (χ4n) is 3.19. The second kappa shape index (κ2) is 5.16. The van der Waals surface area contributed by atoms with Crippen LogP contribution < -0.4 is 5.32 Å². The molecule has 82 valence electrons. The first-order chi connectivity index (χ1) is 6.84. The molecule has 0 amide bonds. The number of hydrogen-bond acceptors (Lipinski definition) is 1. The van der Waals surface area contributed by atoms with Gasteiger partial charge in [-0.05, 0) is 31.6 Å². The molecule has 1 heteroatoms. The number of nitrogens with one attached hydrogen (secondary N) is 1. The topological polar surface area (TPSA) is 12.0 Å². The molecule has 0 bridgehead atoms. The maximum absolute atomic E-state index is 3.89. The lowest BCUT2D eigenvalue weighted by Crippen LogP contribution is -2.41. The van der Waals surface area contributed by atoms with Gasteiger partial charge in [0.05, 0.1) is 0 Å². The maximum atomic E-state index is 3.89. The van der Waals surface area contributed by atoms with E-state index in [2.05, 4.69) is 12.2 Å². The summed E-state index contributed by atoms with van der Waals surface area (Å²) in [5, 5.41) is 3.89. The molecule has 2 saturated carbocycles. The van der Waals surface area contributed by atoms with Gasteiger partial charge in [0.1, 0.15) is 0 Å². The minimum absolute atomic E-state index is 0.849. The molecule has 2 atom stereocenters. The summed E-state index contributed by atoms with van der Waals surface area (Å²) in [5.41, 5.74) is 0. The molecule has 0 aromatic heterocycles. The molecule has 0 radical (unpaired) electrons. The molecule has 0 aromatic carbocycles. The summed E-state index contributed by atoms with van der Waals surface area (Å²) in [6.45, 7) is 2.41. The molecular formula is C13H25N. The maximum Gasteiger partial charge on any atom is 0.00721 e. The van der Waals surface area contributed by atoms with Crippen molar-refractivity contribution in [2.75, 3.05) is 0 Å². The van der Waals surface area contributed by atoms with Gasteiger partial charge in [0.25, 0.3) is 0 Å². The van der Waals surface area contributed by atoms with Crippen LogP contribution >= 0.6 is 0 Å². The molecule has 0 saturated heterocycles. The van der Waals surface area contributed by atoms with Crippen LogP contribution in [0.2, 0.25) is 0 Å². The predicted molar refractivity (Wildman–Crippen MR) is 61.4 cm³/mol. The van der Waals surface area contributed by atoms with Gasteiger partial charge in [-0.15, -0.1) is 0 Å². The Morgan fingerprint density at radius 2 is 1.50 bits per heavy atom. The first kappa shape index (κ1) is 10.5. The standard InChI is InChI=1S/C13H25N/c1-11-6-5-9-13(10-11)14-12-7-3-2-4-8-12/h11-14H,2-10H2,1H3/t11-,13-/m1/s1. The van der Waals surface area contributed by atoms with Crippen LogP contribution in [-0.4, -0.2) is 12.1 Å². The van der Waals surface area contributed by atoms with Gasteiger partial charge in [-0.2, -0.15) is 0 Å². The predicted octanol–water partition coefficient (Wildman–Crippen LogP) is 3.49. The van der Waals surface area contributed by atoms with Gasteiger partial charge in [0, 0.05) is 12.1 Å². The monoisotopic (exact) mass is 195 g/mol. The summed E-state index contributed by atoms with van der Waals surface area (Å²) in [4.78, 5) is 0. The van der Waals surface area contributed by atoms with Gasteiger partial charge < -0.3 is 5.32 Å². The van der Waals surface area contributed by atoms with Gasteiger partial charge in [-0.3, -0.25) is 0 Å². The Morgan fingerprint density at radius 3 is 2.21 bits per heavy atom. The van der Waals surface area contributed by atoms with Crippen molar-refractivity contribution in [1.82, 2.24) is 5.32 Å². The van der Waals surface area contributed by atoms with Crippen molar-refractivity contribution >= 4 is 0 Å². The molecule has 14 heavy (non-hydrogen) atoms. The molecule has 0 aromatic rings. The van der Waals surface area contributed by atoms with Gasteiger partial charge in [-0.25, -0.2) is 0 Å². The summed E-state index contributed by atoms with van der Waals surface area (Å²) in [6.07, 6.45) is 13.0. The molecule has 1 nitrogen and oxygen atoms in total. The average molecular weight is 195 g/mol. The summed E-state index contributed by atoms with van der Waals surface area (Å²) in [6, 6.07) is 1.71. The second-order valence-electron chi connectivity index (χ2n) is 5.47. The van der Waals surface area contributed by atoms with Crippen molar-refractivity contribution in [3.8, 4) is 0 Å². The van der Waals surface area contributed by atoms with Crippen molar-refractivity contribution in [2.45, 2.75) is 76.8 Å². The molecule has 2 aliphatic rings. The third-order valence-corrected chi connectivity index (χ3v) is 4.01. The SMILES string of the molecule is C[C@@H]1CCC[C@@H](NC2CCCCC2)C1. The molecular weight excluding hydrogens is 170 g/mol. The third-order valence-electron chi connectivity index (χ3n) is 4.01. The zero-order valence-electron chi connectivity index (χ0n) is 9.60. The Balaban J connectivity index is 1.72. The fourth-order valence-corrected chi connectivity index (χ4v) is 3.19. The van der Waals surface area contributed by atoms with Gasteiger partial charge >= 0.3 is 0 Å². The van der Waals surface area contributed by atoms with Crippen LogP contribution in [-0.2, 0) is 0 Å². The Hall–Kier alpha value is -0.0400. The Bertz CT molecular complexity index is 161. The molecule has 0 heterocycles. The van der Waals surface area contributed by atoms with E-state index >= 15 is 0 Å². The Labute approximate surface area is 88.7 Å². The summed E-state index contributed by atoms with van der Waals surface area (Å²) < 4.78 is 0. The van der Waals surface area contributed by atoms with E-state index in [0.717, 1.165) is 18.0 Å². The molecule has 1 N–H and O–H groups in total. The van der Waals surface area contributed by atoms with E-state index in [1.807, 2.05) is 0 Å². The van der Waals surface area contributed by atoms with E-state index < -0.39 is 0 Å². The smallest absolute Gasteiger partial charge is 0.00721 e. The van der Waals surface area contributed by atoms with E-state index in [1.54, 1.807) is 0 Å². The van der Waals surface area contributed by atoms with E-state index in [1.165, 1.54) is 57.8 Å². The highest BCUT2D eigenvalue weighted by atomic mass is 15.0. The van der Waals surface area contributed by atoms with E-state index in [9.17, 15) is 0 Å². The van der Waals surface area contributed by atoms with Crippen molar-refractivity contribution in [3.63, 3.8) is 0 Å². The quantitative estimate of drug-likeness (QED) is 0.711. The normalized spacial score (nSPS) is 35.8.